The molecule has 1 saturated heterocycles. The number of piperazine rings is 1. The van der Waals surface area contributed by atoms with Crippen LogP contribution in [-0.4, -0.2) is 25.7 Å². The van der Waals surface area contributed by atoms with E-state index in [4.69, 9.17) is 4.42 Å². The fourth-order valence-corrected chi connectivity index (χ4v) is 3.16. The number of hydrogen-bond acceptors (Lipinski definition) is 4. The van der Waals surface area contributed by atoms with Crippen molar-refractivity contribution in [3.8, 4) is 11.1 Å². The van der Waals surface area contributed by atoms with Crippen molar-refractivity contribution in [3.63, 3.8) is 0 Å². The van der Waals surface area contributed by atoms with E-state index in [1.807, 2.05) is 12.1 Å². The van der Waals surface area contributed by atoms with Crippen LogP contribution in [0, 0.1) is 0 Å². The zero-order valence-corrected chi connectivity index (χ0v) is 11.7. The predicted molar refractivity (Wildman–Crippen MR) is 79.3 cm³/mol. The summed E-state index contributed by atoms with van der Waals surface area (Å²) in [6.07, 6.45) is 4.24. The van der Waals surface area contributed by atoms with E-state index in [1.54, 1.807) is 18.6 Å². The topological polar surface area (TPSA) is 54.3 Å². The van der Waals surface area contributed by atoms with Crippen molar-refractivity contribution in [3.05, 3.63) is 46.5 Å². The molecule has 0 aromatic rings. The van der Waals surface area contributed by atoms with Gasteiger partial charge in [0.05, 0.1) is 11.8 Å². The lowest BCUT2D eigenvalue weighted by Crippen LogP contribution is -2.51. The summed E-state index contributed by atoms with van der Waals surface area (Å²) in [6, 6.07) is 5.96. The smallest absolute Gasteiger partial charge is 0.189 e. The van der Waals surface area contributed by atoms with Gasteiger partial charge >= 0.3 is 0 Å². The lowest BCUT2D eigenvalue weighted by atomic mass is 9.83. The maximum Gasteiger partial charge on any atom is 0.189 e. The van der Waals surface area contributed by atoms with Crippen LogP contribution in [0.4, 0.5) is 0 Å². The third kappa shape index (κ3) is 2.37. The van der Waals surface area contributed by atoms with Crippen LogP contribution in [0.5, 0.6) is 0 Å². The molecule has 0 spiro atoms. The number of nitrogens with one attached hydrogen (secondary N) is 2. The molecule has 2 heterocycles. The molecule has 20 heavy (non-hydrogen) atoms. The maximum atomic E-state index is 11.9. The molecule has 3 aliphatic rings. The lowest BCUT2D eigenvalue weighted by Gasteiger charge is -2.32. The maximum absolute atomic E-state index is 11.9. The van der Waals surface area contributed by atoms with Crippen LogP contribution in [0.15, 0.2) is 39.9 Å². The number of benzene rings is 1. The van der Waals surface area contributed by atoms with E-state index in [0.717, 1.165) is 31.6 Å². The van der Waals surface area contributed by atoms with Crippen molar-refractivity contribution in [1.29, 1.82) is 0 Å². The normalized spacial score (nSPS) is 20.9. The molecule has 0 amide bonds. The quantitative estimate of drug-likeness (QED) is 0.894. The predicted octanol–water partition coefficient (Wildman–Crippen LogP) is 1.80. The number of rotatable bonds is 3. The van der Waals surface area contributed by atoms with Gasteiger partial charge in [0.1, 0.15) is 6.26 Å². The SMILES string of the molecule is CCC(c1ccc(=O)c2coccc1-2)C1CNCCN1. The van der Waals surface area contributed by atoms with Gasteiger partial charge in [-0.25, -0.2) is 0 Å². The van der Waals surface area contributed by atoms with E-state index in [-0.39, 0.29) is 5.43 Å². The Labute approximate surface area is 118 Å². The summed E-state index contributed by atoms with van der Waals surface area (Å²) in [7, 11) is 0. The molecule has 0 radical (unpaired) electrons. The third-order valence-electron chi connectivity index (χ3n) is 4.18. The molecule has 2 N–H and O–H groups in total. The molecule has 4 nitrogen and oxygen atoms in total. The van der Waals surface area contributed by atoms with E-state index >= 15 is 0 Å². The van der Waals surface area contributed by atoms with Crippen LogP contribution in [-0.2, 0) is 0 Å². The molecule has 0 aromatic heterocycles. The summed E-state index contributed by atoms with van der Waals surface area (Å²) >= 11 is 0. The second kappa shape index (κ2) is 5.77. The summed E-state index contributed by atoms with van der Waals surface area (Å²) in [5, 5.41) is 7.02. The molecular weight excluding hydrogens is 252 g/mol. The first-order valence-electron chi connectivity index (χ1n) is 7.24. The largest absolute Gasteiger partial charge is 0.472 e. The third-order valence-corrected chi connectivity index (χ3v) is 4.18. The van der Waals surface area contributed by atoms with Crippen molar-refractivity contribution in [2.24, 2.45) is 0 Å². The second-order valence-corrected chi connectivity index (χ2v) is 5.32. The standard InChI is InChI=1S/C16H20N2O2/c1-2-11(15-9-17-6-7-18-15)12-3-4-16(19)14-10-20-8-5-13(12)14/h3-5,8,10-11,15,17-18H,2,6-7,9H2,1H3. The van der Waals surface area contributed by atoms with Gasteiger partial charge < -0.3 is 15.1 Å². The molecule has 0 saturated carbocycles. The number of hydrogen-bond donors (Lipinski definition) is 2. The fraction of sp³-hybridized carbons (Fsp3) is 0.438. The monoisotopic (exact) mass is 272 g/mol. The molecule has 2 aliphatic heterocycles. The molecule has 0 bridgehead atoms. The Morgan fingerprint density at radius 1 is 1.30 bits per heavy atom. The highest BCUT2D eigenvalue weighted by Gasteiger charge is 2.26. The van der Waals surface area contributed by atoms with E-state index < -0.39 is 0 Å². The molecular formula is C16H20N2O2. The Hall–Kier alpha value is -1.65. The lowest BCUT2D eigenvalue weighted by molar-refractivity contribution is 0.360. The van der Waals surface area contributed by atoms with Gasteiger partial charge in [0.15, 0.2) is 5.43 Å². The average Bonchev–Trinajstić information content (AvgIpc) is 2.52. The highest BCUT2D eigenvalue weighted by molar-refractivity contribution is 5.68. The Morgan fingerprint density at radius 2 is 2.20 bits per heavy atom. The van der Waals surface area contributed by atoms with E-state index in [0.29, 0.717) is 17.5 Å². The van der Waals surface area contributed by atoms with Crippen molar-refractivity contribution >= 4 is 0 Å². The van der Waals surface area contributed by atoms with Gasteiger partial charge in [0, 0.05) is 31.6 Å². The molecule has 3 rings (SSSR count). The van der Waals surface area contributed by atoms with Gasteiger partial charge in [0.2, 0.25) is 0 Å². The summed E-state index contributed by atoms with van der Waals surface area (Å²) in [4.78, 5) is 11.9. The zero-order valence-electron chi connectivity index (χ0n) is 11.7. The molecule has 2 atom stereocenters. The van der Waals surface area contributed by atoms with Crippen LogP contribution in [0.1, 0.15) is 24.8 Å². The highest BCUT2D eigenvalue weighted by atomic mass is 16.3. The van der Waals surface area contributed by atoms with Crippen molar-refractivity contribution < 1.29 is 4.42 Å². The van der Waals surface area contributed by atoms with Crippen molar-refractivity contribution in [2.75, 3.05) is 19.6 Å². The average molecular weight is 272 g/mol. The molecule has 4 heteroatoms. The van der Waals surface area contributed by atoms with Gasteiger partial charge in [-0.3, -0.25) is 4.79 Å². The summed E-state index contributed by atoms with van der Waals surface area (Å²) in [5.74, 6) is 0.397. The first-order valence-corrected chi connectivity index (χ1v) is 7.24. The van der Waals surface area contributed by atoms with Gasteiger partial charge in [-0.05, 0) is 29.7 Å². The Bertz CT molecular complexity index is 602. The van der Waals surface area contributed by atoms with Gasteiger partial charge in [-0.15, -0.1) is 0 Å². The van der Waals surface area contributed by atoms with Gasteiger partial charge in [0.25, 0.3) is 0 Å². The molecule has 1 aliphatic carbocycles. The Morgan fingerprint density at radius 3 is 2.95 bits per heavy atom. The minimum Gasteiger partial charge on any atom is -0.472 e. The molecule has 2 unspecified atom stereocenters. The fourth-order valence-electron chi connectivity index (χ4n) is 3.16. The zero-order chi connectivity index (χ0) is 13.9. The van der Waals surface area contributed by atoms with Crippen molar-refractivity contribution in [1.82, 2.24) is 10.6 Å². The van der Waals surface area contributed by atoms with Crippen LogP contribution in [0.3, 0.4) is 0 Å². The molecule has 106 valence electrons. The first kappa shape index (κ1) is 13.3. The second-order valence-electron chi connectivity index (χ2n) is 5.32. The highest BCUT2D eigenvalue weighted by Crippen LogP contribution is 2.32. The summed E-state index contributed by atoms with van der Waals surface area (Å²) in [6.45, 7) is 5.18. The van der Waals surface area contributed by atoms with Crippen LogP contribution in [0.2, 0.25) is 0 Å². The molecule has 0 aromatic carbocycles. The Kier molecular flexibility index (Phi) is 3.85. The van der Waals surface area contributed by atoms with E-state index in [2.05, 4.69) is 17.6 Å². The summed E-state index contributed by atoms with van der Waals surface area (Å²) < 4.78 is 5.16. The minimum atomic E-state index is 0.0256. The number of fused-ring (bicyclic) bond motifs is 1. The van der Waals surface area contributed by atoms with E-state index in [1.165, 1.54) is 5.56 Å². The summed E-state index contributed by atoms with van der Waals surface area (Å²) in [5.41, 5.74) is 2.95. The van der Waals surface area contributed by atoms with Crippen LogP contribution in [0.25, 0.3) is 11.1 Å². The van der Waals surface area contributed by atoms with Gasteiger partial charge in [-0.2, -0.15) is 0 Å². The molecule has 1 fully saturated rings. The van der Waals surface area contributed by atoms with E-state index in [9.17, 15) is 4.79 Å². The van der Waals surface area contributed by atoms with Crippen LogP contribution < -0.4 is 16.1 Å². The van der Waals surface area contributed by atoms with Crippen molar-refractivity contribution in [2.45, 2.75) is 25.3 Å². The van der Waals surface area contributed by atoms with Gasteiger partial charge in [-0.1, -0.05) is 13.0 Å². The van der Waals surface area contributed by atoms with Crippen LogP contribution >= 0.6 is 0 Å². The first-order chi connectivity index (χ1) is 9.81. The minimum absolute atomic E-state index is 0.0256. The Balaban J connectivity index is 2.04.